The Morgan fingerprint density at radius 1 is 1.31 bits per heavy atom. The largest absolute Gasteiger partial charge is 0.385 e. The molecule has 0 amide bonds. The summed E-state index contributed by atoms with van der Waals surface area (Å²) in [6, 6.07) is 0. The molecule has 3 nitrogen and oxygen atoms in total. The maximum absolute atomic E-state index is 5.71. The van der Waals surface area contributed by atoms with Crippen LogP contribution in [0.1, 0.15) is 39.0 Å². The van der Waals surface area contributed by atoms with Gasteiger partial charge in [-0.1, -0.05) is 0 Å². The monoisotopic (exact) mass is 228 g/mol. The number of epoxide rings is 1. The minimum Gasteiger partial charge on any atom is -0.385 e. The highest BCUT2D eigenvalue weighted by Crippen LogP contribution is 2.49. The third-order valence-electron chi connectivity index (χ3n) is 3.87. The first kappa shape index (κ1) is 12.3. The third kappa shape index (κ3) is 3.19. The van der Waals surface area contributed by atoms with Crippen LogP contribution in [0, 0.1) is 5.92 Å². The van der Waals surface area contributed by atoms with E-state index in [-0.39, 0.29) is 5.60 Å². The van der Waals surface area contributed by atoms with Gasteiger partial charge in [-0.05, 0) is 44.9 Å². The average Bonchev–Trinajstić information content (AvgIpc) is 2.94. The summed E-state index contributed by atoms with van der Waals surface area (Å²) in [7, 11) is 1.75. The second-order valence-electron chi connectivity index (χ2n) is 5.33. The molecule has 16 heavy (non-hydrogen) atoms. The molecule has 0 bridgehead atoms. The first-order valence-electron chi connectivity index (χ1n) is 6.49. The SMILES string of the molecule is COCCCCOCC1CCC2(C)OC2C1. The number of unbranched alkanes of at least 4 members (excludes halogenated alkanes) is 1. The van der Waals surface area contributed by atoms with Crippen LogP contribution in [0.2, 0.25) is 0 Å². The maximum Gasteiger partial charge on any atom is 0.0920 e. The lowest BCUT2D eigenvalue weighted by Gasteiger charge is -2.22. The zero-order valence-electron chi connectivity index (χ0n) is 10.5. The Hall–Kier alpha value is -0.120. The number of rotatable bonds is 7. The Balaban J connectivity index is 1.48. The van der Waals surface area contributed by atoms with Crippen molar-refractivity contribution in [1.82, 2.24) is 0 Å². The summed E-state index contributed by atoms with van der Waals surface area (Å²) < 4.78 is 16.4. The Labute approximate surface area is 98.4 Å². The molecule has 0 spiro atoms. The Morgan fingerprint density at radius 2 is 2.12 bits per heavy atom. The smallest absolute Gasteiger partial charge is 0.0920 e. The molecule has 0 N–H and O–H groups in total. The zero-order valence-corrected chi connectivity index (χ0v) is 10.5. The maximum atomic E-state index is 5.71. The predicted molar refractivity (Wildman–Crippen MR) is 62.5 cm³/mol. The van der Waals surface area contributed by atoms with Crippen LogP contribution in [0.5, 0.6) is 0 Å². The lowest BCUT2D eigenvalue weighted by Crippen LogP contribution is -2.24. The fraction of sp³-hybridized carbons (Fsp3) is 1.00. The fourth-order valence-corrected chi connectivity index (χ4v) is 2.57. The summed E-state index contributed by atoms with van der Waals surface area (Å²) >= 11 is 0. The van der Waals surface area contributed by atoms with Crippen molar-refractivity contribution in [2.45, 2.75) is 50.7 Å². The first-order chi connectivity index (χ1) is 7.74. The van der Waals surface area contributed by atoms with Crippen LogP contribution in [0.15, 0.2) is 0 Å². The molecule has 1 saturated heterocycles. The van der Waals surface area contributed by atoms with Crippen LogP contribution in [-0.4, -0.2) is 38.6 Å². The van der Waals surface area contributed by atoms with E-state index in [0.717, 1.165) is 38.6 Å². The second-order valence-corrected chi connectivity index (χ2v) is 5.33. The molecule has 3 unspecified atom stereocenters. The van der Waals surface area contributed by atoms with Crippen LogP contribution < -0.4 is 0 Å². The van der Waals surface area contributed by atoms with Gasteiger partial charge in [-0.15, -0.1) is 0 Å². The fourth-order valence-electron chi connectivity index (χ4n) is 2.57. The Kier molecular flexibility index (Phi) is 4.22. The van der Waals surface area contributed by atoms with Gasteiger partial charge in [-0.2, -0.15) is 0 Å². The van der Waals surface area contributed by atoms with E-state index in [1.54, 1.807) is 7.11 Å². The summed E-state index contributed by atoms with van der Waals surface area (Å²) in [5, 5.41) is 0. The molecule has 1 aliphatic carbocycles. The van der Waals surface area contributed by atoms with Crippen LogP contribution >= 0.6 is 0 Å². The molecule has 2 fully saturated rings. The molecule has 1 heterocycles. The first-order valence-corrected chi connectivity index (χ1v) is 6.49. The number of ether oxygens (including phenoxy) is 3. The van der Waals surface area contributed by atoms with Gasteiger partial charge in [0, 0.05) is 26.9 Å². The van der Waals surface area contributed by atoms with Crippen molar-refractivity contribution < 1.29 is 14.2 Å². The van der Waals surface area contributed by atoms with Crippen molar-refractivity contribution in [2.24, 2.45) is 5.92 Å². The van der Waals surface area contributed by atoms with Gasteiger partial charge in [0.05, 0.1) is 11.7 Å². The highest BCUT2D eigenvalue weighted by Gasteiger charge is 2.55. The van der Waals surface area contributed by atoms with E-state index in [1.165, 1.54) is 19.3 Å². The summed E-state index contributed by atoms with van der Waals surface area (Å²) in [5.41, 5.74) is 0.245. The Bertz CT molecular complexity index is 219. The van der Waals surface area contributed by atoms with E-state index < -0.39 is 0 Å². The van der Waals surface area contributed by atoms with Crippen LogP contribution in [-0.2, 0) is 14.2 Å². The van der Waals surface area contributed by atoms with E-state index in [1.807, 2.05) is 0 Å². The van der Waals surface area contributed by atoms with Crippen molar-refractivity contribution in [3.63, 3.8) is 0 Å². The second kappa shape index (κ2) is 5.48. The Morgan fingerprint density at radius 3 is 2.88 bits per heavy atom. The van der Waals surface area contributed by atoms with E-state index in [4.69, 9.17) is 14.2 Å². The van der Waals surface area contributed by atoms with Crippen molar-refractivity contribution >= 4 is 0 Å². The third-order valence-corrected chi connectivity index (χ3v) is 3.87. The van der Waals surface area contributed by atoms with Gasteiger partial charge in [0.2, 0.25) is 0 Å². The summed E-state index contributed by atoms with van der Waals surface area (Å²) in [6.45, 7) is 4.88. The van der Waals surface area contributed by atoms with Crippen LogP contribution in [0.4, 0.5) is 0 Å². The van der Waals surface area contributed by atoms with Crippen molar-refractivity contribution in [1.29, 1.82) is 0 Å². The van der Waals surface area contributed by atoms with Gasteiger partial charge < -0.3 is 14.2 Å². The molecule has 0 aromatic heterocycles. The summed E-state index contributed by atoms with van der Waals surface area (Å²) in [6.07, 6.45) is 6.43. The van der Waals surface area contributed by atoms with Gasteiger partial charge in [0.15, 0.2) is 0 Å². The molecule has 1 aliphatic heterocycles. The minimum atomic E-state index is 0.245. The highest BCUT2D eigenvalue weighted by molar-refractivity contribution is 5.03. The quantitative estimate of drug-likeness (QED) is 0.495. The normalized spacial score (nSPS) is 37.1. The molecule has 3 heteroatoms. The van der Waals surface area contributed by atoms with E-state index >= 15 is 0 Å². The van der Waals surface area contributed by atoms with E-state index in [0.29, 0.717) is 6.10 Å². The molecular weight excluding hydrogens is 204 g/mol. The number of methoxy groups -OCH3 is 1. The lowest BCUT2D eigenvalue weighted by atomic mass is 9.83. The van der Waals surface area contributed by atoms with Crippen molar-refractivity contribution in [3.8, 4) is 0 Å². The van der Waals surface area contributed by atoms with Gasteiger partial charge in [-0.3, -0.25) is 0 Å². The molecule has 1 saturated carbocycles. The molecule has 2 aliphatic rings. The summed E-state index contributed by atoms with van der Waals surface area (Å²) in [4.78, 5) is 0. The molecule has 0 aromatic rings. The zero-order chi connectivity index (χ0) is 11.4. The van der Waals surface area contributed by atoms with E-state index in [2.05, 4.69) is 6.92 Å². The number of fused-ring (bicyclic) bond motifs is 1. The molecule has 3 atom stereocenters. The molecule has 0 aromatic carbocycles. The van der Waals surface area contributed by atoms with Crippen molar-refractivity contribution in [2.75, 3.05) is 26.9 Å². The van der Waals surface area contributed by atoms with Gasteiger partial charge in [0.25, 0.3) is 0 Å². The predicted octanol–water partition coefficient (Wildman–Crippen LogP) is 2.39. The van der Waals surface area contributed by atoms with E-state index in [9.17, 15) is 0 Å². The summed E-state index contributed by atoms with van der Waals surface area (Å²) in [5.74, 6) is 0.725. The standard InChI is InChI=1S/C13H24O3/c1-13-6-5-11(9-12(13)16-13)10-15-8-4-3-7-14-2/h11-12H,3-10H2,1-2H3. The molecule has 2 rings (SSSR count). The number of hydrogen-bond donors (Lipinski definition) is 0. The van der Waals surface area contributed by atoms with Gasteiger partial charge >= 0.3 is 0 Å². The molecular formula is C13H24O3. The number of hydrogen-bond acceptors (Lipinski definition) is 3. The highest BCUT2D eigenvalue weighted by atomic mass is 16.6. The van der Waals surface area contributed by atoms with Crippen LogP contribution in [0.25, 0.3) is 0 Å². The lowest BCUT2D eigenvalue weighted by molar-refractivity contribution is 0.0786. The van der Waals surface area contributed by atoms with Crippen molar-refractivity contribution in [3.05, 3.63) is 0 Å². The minimum absolute atomic E-state index is 0.245. The van der Waals surface area contributed by atoms with Gasteiger partial charge in [0.1, 0.15) is 0 Å². The van der Waals surface area contributed by atoms with Gasteiger partial charge in [-0.25, -0.2) is 0 Å². The topological polar surface area (TPSA) is 31.0 Å². The molecule has 94 valence electrons. The molecule has 0 radical (unpaired) electrons. The average molecular weight is 228 g/mol. The van der Waals surface area contributed by atoms with Crippen LogP contribution in [0.3, 0.4) is 0 Å².